The van der Waals surface area contributed by atoms with Gasteiger partial charge in [-0.2, -0.15) is 10.2 Å². The number of rotatable bonds is 13. The van der Waals surface area contributed by atoms with Gasteiger partial charge in [-0.3, -0.25) is 4.98 Å². The SMILES string of the molecule is CC(C)(C)OC(=O)N(CCCNC(C(=O)OCc1cncs1)c1ccc(-n2cncn2)cc1)Cc1ccc(-n2cncn2)cc1. The molecular formula is C31H35N9O4S. The maximum absolute atomic E-state index is 13.3. The van der Waals surface area contributed by atoms with Crippen LogP contribution in [-0.4, -0.2) is 70.2 Å². The highest BCUT2D eigenvalue weighted by Gasteiger charge is 2.24. The van der Waals surface area contributed by atoms with Gasteiger partial charge in [0.25, 0.3) is 0 Å². The van der Waals surface area contributed by atoms with Crippen LogP contribution in [0, 0.1) is 0 Å². The largest absolute Gasteiger partial charge is 0.458 e. The fourth-order valence-corrected chi connectivity index (χ4v) is 4.94. The highest BCUT2D eigenvalue weighted by molar-refractivity contribution is 7.09. The number of benzene rings is 2. The Morgan fingerprint density at radius 3 is 2.13 bits per heavy atom. The highest BCUT2D eigenvalue weighted by atomic mass is 32.1. The Kier molecular flexibility index (Phi) is 10.3. The fraction of sp³-hybridized carbons (Fsp3) is 0.323. The fourth-order valence-electron chi connectivity index (χ4n) is 4.43. The van der Waals surface area contributed by atoms with Crippen LogP contribution in [0.4, 0.5) is 4.79 Å². The molecule has 234 valence electrons. The van der Waals surface area contributed by atoms with Crippen molar-refractivity contribution in [2.45, 2.75) is 52.0 Å². The molecule has 0 spiro atoms. The topological polar surface area (TPSA) is 142 Å². The number of esters is 1. The van der Waals surface area contributed by atoms with Crippen LogP contribution in [0.15, 0.2) is 85.5 Å². The Morgan fingerprint density at radius 1 is 0.933 bits per heavy atom. The molecule has 0 bridgehead atoms. The third-order valence-corrected chi connectivity index (χ3v) is 7.34. The van der Waals surface area contributed by atoms with Crippen LogP contribution in [0.1, 0.15) is 49.2 Å². The van der Waals surface area contributed by atoms with Gasteiger partial charge in [0.15, 0.2) is 0 Å². The monoisotopic (exact) mass is 629 g/mol. The smallest absolute Gasteiger partial charge is 0.410 e. The normalized spacial score (nSPS) is 12.1. The van der Waals surface area contributed by atoms with Crippen molar-refractivity contribution in [3.63, 3.8) is 0 Å². The van der Waals surface area contributed by atoms with Gasteiger partial charge in [0.2, 0.25) is 0 Å². The van der Waals surface area contributed by atoms with Crippen LogP contribution in [0.3, 0.4) is 0 Å². The summed E-state index contributed by atoms with van der Waals surface area (Å²) in [6, 6.07) is 14.5. The van der Waals surface area contributed by atoms with Crippen molar-refractivity contribution in [2.24, 2.45) is 0 Å². The second-order valence-corrected chi connectivity index (χ2v) is 12.1. The van der Waals surface area contributed by atoms with E-state index in [1.54, 1.807) is 38.6 Å². The lowest BCUT2D eigenvalue weighted by Gasteiger charge is -2.28. The molecule has 0 saturated heterocycles. The summed E-state index contributed by atoms with van der Waals surface area (Å²) in [6.07, 6.45) is 8.01. The quantitative estimate of drug-likeness (QED) is 0.146. The van der Waals surface area contributed by atoms with Crippen molar-refractivity contribution in [2.75, 3.05) is 13.1 Å². The van der Waals surface area contributed by atoms with Gasteiger partial charge in [0, 0.05) is 19.3 Å². The molecule has 45 heavy (non-hydrogen) atoms. The van der Waals surface area contributed by atoms with E-state index in [-0.39, 0.29) is 6.61 Å². The molecule has 3 heterocycles. The van der Waals surface area contributed by atoms with E-state index < -0.39 is 23.7 Å². The van der Waals surface area contributed by atoms with Crippen molar-refractivity contribution in [3.8, 4) is 11.4 Å². The van der Waals surface area contributed by atoms with Crippen LogP contribution >= 0.6 is 11.3 Å². The van der Waals surface area contributed by atoms with E-state index in [1.165, 1.54) is 24.0 Å². The summed E-state index contributed by atoms with van der Waals surface area (Å²) in [5.41, 5.74) is 4.42. The minimum absolute atomic E-state index is 0.140. The molecule has 1 atom stereocenters. The summed E-state index contributed by atoms with van der Waals surface area (Å²) in [5.74, 6) is -0.409. The standard InChI is InChI=1S/C31H35N9O4S/c1-31(2,3)44-30(42)38(16-23-5-9-25(10-6-23)39-20-33-18-36-39)14-4-13-35-28(29(41)43-17-27-15-32-22-45-27)24-7-11-26(12-8-24)40-21-34-19-37-40/h5-12,15,18-22,28,35H,4,13-14,16-17H2,1-3H3. The molecule has 1 N–H and O–H groups in total. The first-order chi connectivity index (χ1) is 21.7. The first kappa shape index (κ1) is 31.5. The minimum Gasteiger partial charge on any atom is -0.458 e. The van der Waals surface area contributed by atoms with Gasteiger partial charge in [-0.05, 0) is 69.1 Å². The summed E-state index contributed by atoms with van der Waals surface area (Å²) < 4.78 is 14.7. The van der Waals surface area contributed by atoms with Gasteiger partial charge in [-0.25, -0.2) is 28.9 Å². The second kappa shape index (κ2) is 14.7. The molecule has 13 nitrogen and oxygen atoms in total. The summed E-state index contributed by atoms with van der Waals surface area (Å²) in [4.78, 5) is 41.0. The summed E-state index contributed by atoms with van der Waals surface area (Å²) in [5, 5.41) is 11.6. The lowest BCUT2D eigenvalue weighted by Crippen LogP contribution is -2.38. The molecule has 0 saturated carbocycles. The number of hydrogen-bond donors (Lipinski definition) is 1. The highest BCUT2D eigenvalue weighted by Crippen LogP contribution is 2.20. The number of carbonyl (C=O) groups excluding carboxylic acids is 2. The lowest BCUT2D eigenvalue weighted by atomic mass is 10.1. The molecule has 5 rings (SSSR count). The van der Waals surface area contributed by atoms with Gasteiger partial charge in [-0.15, -0.1) is 11.3 Å². The van der Waals surface area contributed by atoms with E-state index >= 15 is 0 Å². The van der Waals surface area contributed by atoms with Crippen molar-refractivity contribution in [3.05, 3.63) is 102 Å². The first-order valence-electron chi connectivity index (χ1n) is 14.4. The van der Waals surface area contributed by atoms with E-state index in [2.05, 4.69) is 30.5 Å². The summed E-state index contributed by atoms with van der Waals surface area (Å²) in [6.45, 7) is 6.87. The molecule has 3 aromatic heterocycles. The average molecular weight is 630 g/mol. The number of hydrogen-bond acceptors (Lipinski definition) is 11. The van der Waals surface area contributed by atoms with Crippen LogP contribution in [0.5, 0.6) is 0 Å². The molecule has 0 fully saturated rings. The zero-order valence-electron chi connectivity index (χ0n) is 25.3. The predicted octanol–water partition coefficient (Wildman–Crippen LogP) is 4.51. The average Bonchev–Trinajstić information content (AvgIpc) is 3.84. The predicted molar refractivity (Wildman–Crippen MR) is 167 cm³/mol. The van der Waals surface area contributed by atoms with E-state index in [9.17, 15) is 9.59 Å². The number of amides is 1. The zero-order chi connectivity index (χ0) is 31.6. The Balaban J connectivity index is 1.24. The Hall–Kier alpha value is -4.95. The van der Waals surface area contributed by atoms with Gasteiger partial charge in [0.05, 0.1) is 21.8 Å². The number of nitrogens with one attached hydrogen (secondary N) is 1. The number of carbonyl (C=O) groups is 2. The second-order valence-electron chi connectivity index (χ2n) is 11.2. The molecule has 0 radical (unpaired) electrons. The molecule has 1 amide bonds. The molecule has 1 unspecified atom stereocenters. The maximum Gasteiger partial charge on any atom is 0.410 e. The zero-order valence-corrected chi connectivity index (χ0v) is 26.1. The Labute approximate surface area is 264 Å². The Bertz CT molecular complexity index is 1620. The Morgan fingerprint density at radius 2 is 1.58 bits per heavy atom. The first-order valence-corrected chi connectivity index (χ1v) is 15.3. The van der Waals surface area contributed by atoms with Crippen molar-refractivity contribution < 1.29 is 19.1 Å². The van der Waals surface area contributed by atoms with Crippen molar-refractivity contribution in [1.82, 2.24) is 44.7 Å². The van der Waals surface area contributed by atoms with Gasteiger partial charge in [-0.1, -0.05) is 24.3 Å². The summed E-state index contributed by atoms with van der Waals surface area (Å²) in [7, 11) is 0. The van der Waals surface area contributed by atoms with E-state index in [0.717, 1.165) is 27.4 Å². The summed E-state index contributed by atoms with van der Waals surface area (Å²) >= 11 is 1.42. The molecule has 0 aliphatic carbocycles. The number of ether oxygens (including phenoxy) is 2. The number of nitrogens with zero attached hydrogens (tertiary/aromatic N) is 8. The van der Waals surface area contributed by atoms with Crippen LogP contribution in [-0.2, 0) is 27.4 Å². The molecule has 2 aromatic carbocycles. The molecule has 14 heteroatoms. The van der Waals surface area contributed by atoms with E-state index in [0.29, 0.717) is 26.1 Å². The third-order valence-electron chi connectivity index (χ3n) is 6.58. The molecular weight excluding hydrogens is 594 g/mol. The van der Waals surface area contributed by atoms with E-state index in [1.807, 2.05) is 69.3 Å². The molecule has 0 aliphatic heterocycles. The van der Waals surface area contributed by atoms with Crippen LogP contribution < -0.4 is 5.32 Å². The lowest BCUT2D eigenvalue weighted by molar-refractivity contribution is -0.147. The van der Waals surface area contributed by atoms with Gasteiger partial charge >= 0.3 is 12.1 Å². The van der Waals surface area contributed by atoms with Crippen LogP contribution in [0.2, 0.25) is 0 Å². The minimum atomic E-state index is -0.720. The van der Waals surface area contributed by atoms with Gasteiger partial charge < -0.3 is 19.7 Å². The van der Waals surface area contributed by atoms with Gasteiger partial charge in [0.1, 0.15) is 43.6 Å². The van der Waals surface area contributed by atoms with Crippen molar-refractivity contribution in [1.29, 1.82) is 0 Å². The number of thiazole rings is 1. The third kappa shape index (κ3) is 9.03. The van der Waals surface area contributed by atoms with Crippen LogP contribution in [0.25, 0.3) is 11.4 Å². The molecule has 5 aromatic rings. The van der Waals surface area contributed by atoms with Crippen molar-refractivity contribution >= 4 is 23.4 Å². The maximum atomic E-state index is 13.3. The molecule has 0 aliphatic rings. The number of aromatic nitrogens is 7. The van der Waals surface area contributed by atoms with E-state index in [4.69, 9.17) is 9.47 Å².